The Balaban J connectivity index is 1.36. The van der Waals surface area contributed by atoms with Gasteiger partial charge in [0, 0.05) is 17.2 Å². The molecule has 2 aromatic rings. The van der Waals surface area contributed by atoms with Crippen LogP contribution < -0.4 is 19.9 Å². The van der Waals surface area contributed by atoms with E-state index in [0.29, 0.717) is 19.7 Å². The molecule has 5 nitrogen and oxygen atoms in total. The van der Waals surface area contributed by atoms with Crippen molar-refractivity contribution in [2.75, 3.05) is 56.5 Å². The van der Waals surface area contributed by atoms with E-state index in [1.54, 1.807) is 11.8 Å². The number of carbonyl (C=O) groups excluding carboxylic acids is 1. The molecule has 1 aliphatic heterocycles. The molecule has 0 atom stereocenters. The van der Waals surface area contributed by atoms with Crippen LogP contribution in [0.3, 0.4) is 0 Å². The van der Waals surface area contributed by atoms with Gasteiger partial charge in [0.15, 0.2) is 6.54 Å². The minimum Gasteiger partial charge on any atom is -0.492 e. The normalized spacial score (nSPS) is 14.7. The third kappa shape index (κ3) is 6.17. The SMILES string of the molecule is CCOc1ccccc1N1CC[NH+](CC(=O)NCCSc2ccccc2)CC1. The number of piperazine rings is 1. The van der Waals surface area contributed by atoms with Crippen LogP contribution >= 0.6 is 11.8 Å². The number of quaternary nitrogens is 1. The van der Waals surface area contributed by atoms with E-state index in [9.17, 15) is 4.79 Å². The van der Waals surface area contributed by atoms with E-state index >= 15 is 0 Å². The predicted molar refractivity (Wildman–Crippen MR) is 116 cm³/mol. The van der Waals surface area contributed by atoms with E-state index < -0.39 is 0 Å². The first-order chi connectivity index (χ1) is 13.8. The highest BCUT2D eigenvalue weighted by molar-refractivity contribution is 7.99. The quantitative estimate of drug-likeness (QED) is 0.497. The Bertz CT molecular complexity index is 734. The zero-order valence-corrected chi connectivity index (χ0v) is 17.3. The van der Waals surface area contributed by atoms with Gasteiger partial charge in [0.25, 0.3) is 5.91 Å². The van der Waals surface area contributed by atoms with Crippen LogP contribution in [-0.2, 0) is 4.79 Å². The van der Waals surface area contributed by atoms with Crippen molar-refractivity contribution in [2.24, 2.45) is 0 Å². The molecule has 0 unspecified atom stereocenters. The number of benzene rings is 2. The zero-order chi connectivity index (χ0) is 19.6. The number of para-hydroxylation sites is 2. The highest BCUT2D eigenvalue weighted by atomic mass is 32.2. The van der Waals surface area contributed by atoms with Crippen LogP contribution in [0.15, 0.2) is 59.5 Å². The lowest BCUT2D eigenvalue weighted by Crippen LogP contribution is -3.16. The molecule has 1 fully saturated rings. The lowest BCUT2D eigenvalue weighted by atomic mass is 10.2. The molecule has 2 aromatic carbocycles. The van der Waals surface area contributed by atoms with E-state index in [2.05, 4.69) is 34.5 Å². The number of amides is 1. The standard InChI is InChI=1S/C22H29N3O2S/c1-2-27-21-11-7-6-10-20(21)25-15-13-24(14-16-25)18-22(26)23-12-17-28-19-8-4-3-5-9-19/h3-11H,2,12-18H2,1H3,(H,23,26)/p+1. The van der Waals surface area contributed by atoms with Gasteiger partial charge in [-0.15, -0.1) is 11.8 Å². The van der Waals surface area contributed by atoms with Gasteiger partial charge in [-0.1, -0.05) is 30.3 Å². The summed E-state index contributed by atoms with van der Waals surface area (Å²) in [7, 11) is 0. The van der Waals surface area contributed by atoms with Crippen LogP contribution in [0.4, 0.5) is 5.69 Å². The monoisotopic (exact) mass is 400 g/mol. The molecule has 6 heteroatoms. The van der Waals surface area contributed by atoms with Crippen molar-refractivity contribution < 1.29 is 14.4 Å². The van der Waals surface area contributed by atoms with Crippen molar-refractivity contribution in [1.82, 2.24) is 5.32 Å². The number of rotatable bonds is 9. The van der Waals surface area contributed by atoms with Gasteiger partial charge in [-0.2, -0.15) is 0 Å². The molecule has 150 valence electrons. The first kappa shape index (κ1) is 20.6. The van der Waals surface area contributed by atoms with Gasteiger partial charge in [-0.05, 0) is 31.2 Å². The minimum absolute atomic E-state index is 0.145. The summed E-state index contributed by atoms with van der Waals surface area (Å²) in [6.45, 7) is 7.75. The second-order valence-electron chi connectivity index (χ2n) is 6.83. The summed E-state index contributed by atoms with van der Waals surface area (Å²) in [6.07, 6.45) is 0. The smallest absolute Gasteiger partial charge is 0.275 e. The van der Waals surface area contributed by atoms with Crippen molar-refractivity contribution >= 4 is 23.4 Å². The molecule has 0 radical (unpaired) electrons. The summed E-state index contributed by atoms with van der Waals surface area (Å²) in [5.74, 6) is 1.99. The maximum absolute atomic E-state index is 12.2. The first-order valence-electron chi connectivity index (χ1n) is 10.0. The van der Waals surface area contributed by atoms with Crippen LogP contribution in [0.25, 0.3) is 0 Å². The molecule has 3 rings (SSSR count). The van der Waals surface area contributed by atoms with Crippen LogP contribution in [0.1, 0.15) is 6.92 Å². The summed E-state index contributed by atoms with van der Waals surface area (Å²) < 4.78 is 5.75. The van der Waals surface area contributed by atoms with Crippen molar-refractivity contribution in [2.45, 2.75) is 11.8 Å². The molecule has 0 saturated carbocycles. The van der Waals surface area contributed by atoms with Gasteiger partial charge < -0.3 is 19.9 Å². The molecule has 0 aromatic heterocycles. The third-order valence-corrected chi connectivity index (χ3v) is 5.84. The zero-order valence-electron chi connectivity index (χ0n) is 16.5. The van der Waals surface area contributed by atoms with Crippen LogP contribution in [0, 0.1) is 0 Å². The predicted octanol–water partition coefficient (Wildman–Crippen LogP) is 1.70. The number of nitrogens with one attached hydrogen (secondary N) is 2. The average Bonchev–Trinajstić information content (AvgIpc) is 2.73. The van der Waals surface area contributed by atoms with Crippen LogP contribution in [0.5, 0.6) is 5.75 Å². The van der Waals surface area contributed by atoms with E-state index in [4.69, 9.17) is 4.74 Å². The Kier molecular flexibility index (Phi) is 8.06. The molecule has 1 heterocycles. The molecule has 0 bridgehead atoms. The maximum atomic E-state index is 12.2. The van der Waals surface area contributed by atoms with Crippen molar-refractivity contribution in [3.63, 3.8) is 0 Å². The van der Waals surface area contributed by atoms with E-state index in [1.807, 2.05) is 37.3 Å². The number of hydrogen-bond donors (Lipinski definition) is 2. The molecule has 0 spiro atoms. The van der Waals surface area contributed by atoms with Gasteiger partial charge in [0.1, 0.15) is 5.75 Å². The molecule has 0 aliphatic carbocycles. The van der Waals surface area contributed by atoms with Crippen LogP contribution in [0.2, 0.25) is 0 Å². The summed E-state index contributed by atoms with van der Waals surface area (Å²) in [4.78, 5) is 17.2. The fourth-order valence-corrected chi connectivity index (χ4v) is 4.19. The Morgan fingerprint density at radius 2 is 1.82 bits per heavy atom. The topological polar surface area (TPSA) is 46.0 Å². The van der Waals surface area contributed by atoms with Gasteiger partial charge in [0.2, 0.25) is 0 Å². The molecular formula is C22H30N3O2S+. The second kappa shape index (κ2) is 11.0. The second-order valence-corrected chi connectivity index (χ2v) is 7.99. The Morgan fingerprint density at radius 1 is 1.11 bits per heavy atom. The third-order valence-electron chi connectivity index (χ3n) is 4.82. The summed E-state index contributed by atoms with van der Waals surface area (Å²) in [5.41, 5.74) is 1.16. The van der Waals surface area contributed by atoms with E-state index in [1.165, 1.54) is 9.80 Å². The number of thioether (sulfide) groups is 1. The largest absolute Gasteiger partial charge is 0.492 e. The number of anilines is 1. The Morgan fingerprint density at radius 3 is 2.57 bits per heavy atom. The van der Waals surface area contributed by atoms with E-state index in [0.717, 1.165) is 43.4 Å². The van der Waals surface area contributed by atoms with Gasteiger partial charge >= 0.3 is 0 Å². The molecule has 1 saturated heterocycles. The fourth-order valence-electron chi connectivity index (χ4n) is 3.40. The molecule has 28 heavy (non-hydrogen) atoms. The number of nitrogens with zero attached hydrogens (tertiary/aromatic N) is 1. The highest BCUT2D eigenvalue weighted by Crippen LogP contribution is 2.27. The van der Waals surface area contributed by atoms with Crippen molar-refractivity contribution in [3.8, 4) is 5.75 Å². The number of carbonyl (C=O) groups is 1. The number of ether oxygens (including phenoxy) is 1. The van der Waals surface area contributed by atoms with Crippen molar-refractivity contribution in [1.29, 1.82) is 0 Å². The number of hydrogen-bond acceptors (Lipinski definition) is 4. The van der Waals surface area contributed by atoms with Gasteiger partial charge in [-0.25, -0.2) is 0 Å². The molecule has 1 aliphatic rings. The Labute approximate surface area is 172 Å². The Hall–Kier alpha value is -2.18. The summed E-state index contributed by atoms with van der Waals surface area (Å²) >= 11 is 1.77. The first-order valence-corrected chi connectivity index (χ1v) is 11.0. The summed E-state index contributed by atoms with van der Waals surface area (Å²) in [6, 6.07) is 18.5. The van der Waals surface area contributed by atoms with Crippen LogP contribution in [-0.4, -0.2) is 57.5 Å². The van der Waals surface area contributed by atoms with E-state index in [-0.39, 0.29) is 5.91 Å². The summed E-state index contributed by atoms with van der Waals surface area (Å²) in [5, 5.41) is 3.05. The highest BCUT2D eigenvalue weighted by Gasteiger charge is 2.23. The molecular weight excluding hydrogens is 370 g/mol. The maximum Gasteiger partial charge on any atom is 0.275 e. The lowest BCUT2D eigenvalue weighted by Gasteiger charge is -2.34. The molecule has 2 N–H and O–H groups in total. The fraction of sp³-hybridized carbons (Fsp3) is 0.409. The van der Waals surface area contributed by atoms with Gasteiger partial charge in [-0.3, -0.25) is 4.79 Å². The molecule has 1 amide bonds. The minimum atomic E-state index is 0.145. The van der Waals surface area contributed by atoms with Crippen molar-refractivity contribution in [3.05, 3.63) is 54.6 Å². The van der Waals surface area contributed by atoms with Gasteiger partial charge in [0.05, 0.1) is 38.5 Å². The lowest BCUT2D eigenvalue weighted by molar-refractivity contribution is -0.892. The average molecular weight is 401 g/mol.